The van der Waals surface area contributed by atoms with Gasteiger partial charge in [0, 0.05) is 17.5 Å². The van der Waals surface area contributed by atoms with Crippen LogP contribution < -0.4 is 10.1 Å². The number of fused-ring (bicyclic) bond motifs is 1. The summed E-state index contributed by atoms with van der Waals surface area (Å²) in [5.74, 6) is 3.39. The van der Waals surface area contributed by atoms with Crippen molar-refractivity contribution in [2.45, 2.75) is 45.6 Å². The van der Waals surface area contributed by atoms with Crippen molar-refractivity contribution in [3.05, 3.63) is 29.8 Å². The number of ether oxygens (including phenoxy) is 1. The second kappa shape index (κ2) is 6.17. The van der Waals surface area contributed by atoms with Crippen LogP contribution in [0.1, 0.15) is 51.1 Å². The number of nitrogens with one attached hydrogen (secondary N) is 1. The molecule has 0 amide bonds. The van der Waals surface area contributed by atoms with E-state index in [0.29, 0.717) is 12.0 Å². The number of hydrogen-bond donors (Lipinski definition) is 1. The Morgan fingerprint density at radius 3 is 2.90 bits per heavy atom. The van der Waals surface area contributed by atoms with Crippen molar-refractivity contribution in [3.8, 4) is 5.75 Å². The number of hydrogen-bond acceptors (Lipinski definition) is 2. The lowest BCUT2D eigenvalue weighted by Gasteiger charge is -2.34. The zero-order valence-electron chi connectivity index (χ0n) is 12.8. The minimum Gasteiger partial charge on any atom is -0.493 e. The van der Waals surface area contributed by atoms with E-state index in [9.17, 15) is 0 Å². The predicted molar refractivity (Wildman–Crippen MR) is 83.0 cm³/mol. The molecule has 1 aliphatic heterocycles. The molecule has 4 atom stereocenters. The highest BCUT2D eigenvalue weighted by molar-refractivity contribution is 5.37. The van der Waals surface area contributed by atoms with Gasteiger partial charge in [-0.3, -0.25) is 0 Å². The topological polar surface area (TPSA) is 21.3 Å². The zero-order chi connectivity index (χ0) is 13.9. The Morgan fingerprint density at radius 1 is 1.20 bits per heavy atom. The van der Waals surface area contributed by atoms with E-state index >= 15 is 0 Å². The Bertz CT molecular complexity index is 445. The summed E-state index contributed by atoms with van der Waals surface area (Å²) < 4.78 is 5.83. The fraction of sp³-hybridized carbons (Fsp3) is 0.667. The molecule has 1 heterocycles. The normalized spacial score (nSPS) is 33.3. The lowest BCUT2D eigenvalue weighted by atomic mass is 9.82. The van der Waals surface area contributed by atoms with Crippen LogP contribution in [0, 0.1) is 17.8 Å². The van der Waals surface area contributed by atoms with Gasteiger partial charge in [0.1, 0.15) is 5.75 Å². The third kappa shape index (κ3) is 3.01. The molecule has 4 unspecified atom stereocenters. The van der Waals surface area contributed by atoms with E-state index in [-0.39, 0.29) is 0 Å². The summed E-state index contributed by atoms with van der Waals surface area (Å²) in [6.07, 6.45) is 5.63. The summed E-state index contributed by atoms with van der Waals surface area (Å²) in [4.78, 5) is 0. The molecule has 1 aromatic rings. The molecule has 0 spiro atoms. The summed E-state index contributed by atoms with van der Waals surface area (Å²) in [7, 11) is 0. The van der Waals surface area contributed by atoms with E-state index in [2.05, 4.69) is 43.4 Å². The third-order valence-electron chi connectivity index (χ3n) is 5.00. The second-order valence-corrected chi connectivity index (χ2v) is 6.85. The van der Waals surface area contributed by atoms with Crippen molar-refractivity contribution in [1.29, 1.82) is 0 Å². The van der Waals surface area contributed by atoms with Gasteiger partial charge in [-0.25, -0.2) is 0 Å². The van der Waals surface area contributed by atoms with Gasteiger partial charge in [0.05, 0.1) is 6.61 Å². The lowest BCUT2D eigenvalue weighted by Crippen LogP contribution is -2.37. The minimum absolute atomic E-state index is 0.456. The van der Waals surface area contributed by atoms with E-state index in [4.69, 9.17) is 4.74 Å². The first-order valence-electron chi connectivity index (χ1n) is 8.19. The molecule has 2 heteroatoms. The fourth-order valence-corrected chi connectivity index (χ4v) is 3.84. The largest absolute Gasteiger partial charge is 0.493 e. The Morgan fingerprint density at radius 2 is 2.05 bits per heavy atom. The van der Waals surface area contributed by atoms with Crippen LogP contribution in [0.4, 0.5) is 0 Å². The summed E-state index contributed by atoms with van der Waals surface area (Å²) >= 11 is 0. The number of rotatable bonds is 3. The van der Waals surface area contributed by atoms with E-state index < -0.39 is 0 Å². The van der Waals surface area contributed by atoms with Crippen LogP contribution in [-0.4, -0.2) is 13.2 Å². The Balaban J connectivity index is 1.64. The molecule has 1 saturated carbocycles. The average molecular weight is 273 g/mol. The molecule has 0 saturated heterocycles. The Hall–Kier alpha value is -1.02. The standard InChI is InChI=1S/C18H27NO/c1-13-6-5-7-15(10-13)11-19-18-14(2)12-20-17-9-4-3-8-16(17)18/h3-4,8-9,13-15,18-19H,5-7,10-12H2,1-2H3. The molecule has 1 fully saturated rings. The molecule has 0 bridgehead atoms. The smallest absolute Gasteiger partial charge is 0.124 e. The molecule has 0 aromatic heterocycles. The number of para-hydroxylation sites is 1. The Kier molecular flexibility index (Phi) is 4.30. The summed E-state index contributed by atoms with van der Waals surface area (Å²) in [6, 6.07) is 8.95. The van der Waals surface area contributed by atoms with Crippen molar-refractivity contribution in [1.82, 2.24) is 5.32 Å². The van der Waals surface area contributed by atoms with Crippen LogP contribution in [0.2, 0.25) is 0 Å². The van der Waals surface area contributed by atoms with Crippen molar-refractivity contribution < 1.29 is 4.74 Å². The van der Waals surface area contributed by atoms with E-state index in [1.165, 1.54) is 31.2 Å². The van der Waals surface area contributed by atoms with Crippen molar-refractivity contribution in [2.75, 3.05) is 13.2 Å². The van der Waals surface area contributed by atoms with Crippen LogP contribution in [-0.2, 0) is 0 Å². The van der Waals surface area contributed by atoms with Gasteiger partial charge in [-0.05, 0) is 37.3 Å². The van der Waals surface area contributed by atoms with Crippen LogP contribution >= 0.6 is 0 Å². The molecule has 2 aliphatic rings. The van der Waals surface area contributed by atoms with Crippen LogP contribution in [0.15, 0.2) is 24.3 Å². The molecular weight excluding hydrogens is 246 g/mol. The molecule has 3 rings (SSSR count). The van der Waals surface area contributed by atoms with Gasteiger partial charge in [0.15, 0.2) is 0 Å². The minimum atomic E-state index is 0.456. The van der Waals surface area contributed by atoms with Gasteiger partial charge in [0.2, 0.25) is 0 Å². The van der Waals surface area contributed by atoms with E-state index in [0.717, 1.165) is 30.7 Å². The quantitative estimate of drug-likeness (QED) is 0.892. The summed E-state index contributed by atoms with van der Waals surface area (Å²) in [5.41, 5.74) is 1.34. The summed E-state index contributed by atoms with van der Waals surface area (Å²) in [6.45, 7) is 6.68. The molecule has 1 aliphatic carbocycles. The first-order valence-corrected chi connectivity index (χ1v) is 8.19. The van der Waals surface area contributed by atoms with Crippen molar-refractivity contribution in [3.63, 3.8) is 0 Å². The van der Waals surface area contributed by atoms with Gasteiger partial charge in [-0.2, -0.15) is 0 Å². The molecule has 1 aromatic carbocycles. The Labute approximate surface area is 122 Å². The lowest BCUT2D eigenvalue weighted by molar-refractivity contribution is 0.177. The molecular formula is C18H27NO. The fourth-order valence-electron chi connectivity index (χ4n) is 3.84. The highest BCUT2D eigenvalue weighted by Gasteiger charge is 2.28. The molecule has 20 heavy (non-hydrogen) atoms. The first kappa shape index (κ1) is 13.9. The van der Waals surface area contributed by atoms with Gasteiger partial charge in [-0.1, -0.05) is 44.9 Å². The molecule has 2 nitrogen and oxygen atoms in total. The van der Waals surface area contributed by atoms with E-state index in [1.54, 1.807) is 0 Å². The van der Waals surface area contributed by atoms with Crippen molar-refractivity contribution >= 4 is 0 Å². The molecule has 1 N–H and O–H groups in total. The van der Waals surface area contributed by atoms with Gasteiger partial charge >= 0.3 is 0 Å². The number of benzene rings is 1. The van der Waals surface area contributed by atoms with Crippen LogP contribution in [0.5, 0.6) is 5.75 Å². The molecule has 110 valence electrons. The first-order chi connectivity index (χ1) is 9.74. The van der Waals surface area contributed by atoms with Gasteiger partial charge in [0.25, 0.3) is 0 Å². The monoisotopic (exact) mass is 273 g/mol. The highest BCUT2D eigenvalue weighted by atomic mass is 16.5. The second-order valence-electron chi connectivity index (χ2n) is 6.85. The van der Waals surface area contributed by atoms with Gasteiger partial charge in [-0.15, -0.1) is 0 Å². The predicted octanol–water partition coefficient (Wildman–Crippen LogP) is 4.17. The maximum Gasteiger partial charge on any atom is 0.124 e. The maximum absolute atomic E-state index is 5.83. The third-order valence-corrected chi connectivity index (χ3v) is 5.00. The zero-order valence-corrected chi connectivity index (χ0v) is 12.8. The highest BCUT2D eigenvalue weighted by Crippen LogP contribution is 2.36. The SMILES string of the molecule is CC1CCCC(CNC2c3ccccc3OCC2C)C1. The summed E-state index contributed by atoms with van der Waals surface area (Å²) in [5, 5.41) is 3.84. The van der Waals surface area contributed by atoms with Crippen molar-refractivity contribution in [2.24, 2.45) is 17.8 Å². The maximum atomic E-state index is 5.83. The van der Waals surface area contributed by atoms with Gasteiger partial charge < -0.3 is 10.1 Å². The van der Waals surface area contributed by atoms with Crippen LogP contribution in [0.3, 0.4) is 0 Å². The molecule has 0 radical (unpaired) electrons. The average Bonchev–Trinajstić information content (AvgIpc) is 2.46. The van der Waals surface area contributed by atoms with Crippen LogP contribution in [0.25, 0.3) is 0 Å². The van der Waals surface area contributed by atoms with E-state index in [1.807, 2.05) is 0 Å².